The highest BCUT2D eigenvalue weighted by atomic mass is 16.6. The largest absolute Gasteiger partial charge is 0.448 e. The molecule has 1 aliphatic heterocycles. The molecule has 1 heterocycles. The van der Waals surface area contributed by atoms with Crippen molar-refractivity contribution in [3.63, 3.8) is 0 Å². The Bertz CT molecular complexity index is 276. The first-order valence-corrected chi connectivity index (χ1v) is 5.68. The molecule has 0 spiro atoms. The van der Waals surface area contributed by atoms with Gasteiger partial charge in [-0.05, 0) is 20.3 Å². The Hall–Kier alpha value is -1.26. The van der Waals surface area contributed by atoms with Crippen molar-refractivity contribution in [1.82, 2.24) is 10.2 Å². The van der Waals surface area contributed by atoms with E-state index in [9.17, 15) is 9.59 Å². The van der Waals surface area contributed by atoms with E-state index < -0.39 is 5.54 Å². The van der Waals surface area contributed by atoms with Gasteiger partial charge in [0.1, 0.15) is 6.61 Å². The third-order valence-corrected chi connectivity index (χ3v) is 2.69. The van der Waals surface area contributed by atoms with E-state index in [-0.39, 0.29) is 12.0 Å². The lowest BCUT2D eigenvalue weighted by Crippen LogP contribution is -2.52. The van der Waals surface area contributed by atoms with Gasteiger partial charge in [-0.2, -0.15) is 0 Å². The Balaban J connectivity index is 2.44. The monoisotopic (exact) mass is 228 g/mol. The second-order valence-corrected chi connectivity index (χ2v) is 4.61. The average molecular weight is 228 g/mol. The van der Waals surface area contributed by atoms with Crippen molar-refractivity contribution < 1.29 is 14.3 Å². The normalized spacial score (nSPS) is 16.2. The number of hydrogen-bond acceptors (Lipinski definition) is 3. The predicted molar refractivity (Wildman–Crippen MR) is 60.1 cm³/mol. The molecule has 0 saturated carbocycles. The van der Waals surface area contributed by atoms with Crippen LogP contribution in [0, 0.1) is 0 Å². The van der Waals surface area contributed by atoms with Crippen LogP contribution in [0.4, 0.5) is 4.79 Å². The standard InChI is InChI=1S/C11H20N2O3/c1-4-5-9(14)12-8-11(2,3)13-6-7-16-10(13)15/h4-8H2,1-3H3,(H,12,14). The zero-order chi connectivity index (χ0) is 12.2. The summed E-state index contributed by atoms with van der Waals surface area (Å²) in [7, 11) is 0. The molecule has 0 aliphatic carbocycles. The van der Waals surface area contributed by atoms with Gasteiger partial charge in [0, 0.05) is 13.0 Å². The zero-order valence-corrected chi connectivity index (χ0v) is 10.2. The Kier molecular flexibility index (Phi) is 4.15. The number of ether oxygens (including phenoxy) is 1. The van der Waals surface area contributed by atoms with Gasteiger partial charge in [0.25, 0.3) is 0 Å². The maximum atomic E-state index is 11.4. The van der Waals surface area contributed by atoms with Gasteiger partial charge in [0.2, 0.25) is 5.91 Å². The van der Waals surface area contributed by atoms with Gasteiger partial charge in [-0.15, -0.1) is 0 Å². The second-order valence-electron chi connectivity index (χ2n) is 4.61. The molecule has 1 saturated heterocycles. The smallest absolute Gasteiger partial charge is 0.410 e. The summed E-state index contributed by atoms with van der Waals surface area (Å²) < 4.78 is 4.88. The van der Waals surface area contributed by atoms with Crippen LogP contribution in [-0.2, 0) is 9.53 Å². The molecule has 0 aromatic carbocycles. The third-order valence-electron chi connectivity index (χ3n) is 2.69. The van der Waals surface area contributed by atoms with E-state index >= 15 is 0 Å². The molecule has 0 aromatic rings. The topological polar surface area (TPSA) is 58.6 Å². The predicted octanol–water partition coefficient (Wildman–Crippen LogP) is 1.13. The number of rotatable bonds is 5. The molecular formula is C11H20N2O3. The van der Waals surface area contributed by atoms with Crippen LogP contribution >= 0.6 is 0 Å². The first-order valence-electron chi connectivity index (χ1n) is 5.68. The number of nitrogens with zero attached hydrogens (tertiary/aromatic N) is 1. The number of amides is 2. The Labute approximate surface area is 96.1 Å². The van der Waals surface area contributed by atoms with Crippen LogP contribution in [0.15, 0.2) is 0 Å². The van der Waals surface area contributed by atoms with Crippen LogP contribution in [0.2, 0.25) is 0 Å². The summed E-state index contributed by atoms with van der Waals surface area (Å²) in [5.74, 6) is 0.0307. The SMILES string of the molecule is CCCC(=O)NCC(C)(C)N1CCOC1=O. The Morgan fingerprint density at radius 3 is 2.75 bits per heavy atom. The van der Waals surface area contributed by atoms with Crippen molar-refractivity contribution in [3.05, 3.63) is 0 Å². The highest BCUT2D eigenvalue weighted by Crippen LogP contribution is 2.18. The average Bonchev–Trinajstić information content (AvgIpc) is 2.63. The summed E-state index contributed by atoms with van der Waals surface area (Å²) in [6.45, 7) is 7.29. The second kappa shape index (κ2) is 5.18. The number of nitrogens with one attached hydrogen (secondary N) is 1. The van der Waals surface area contributed by atoms with Crippen molar-refractivity contribution in [2.24, 2.45) is 0 Å². The summed E-state index contributed by atoms with van der Waals surface area (Å²) in [6, 6.07) is 0. The van der Waals surface area contributed by atoms with Gasteiger partial charge in [0.05, 0.1) is 12.1 Å². The van der Waals surface area contributed by atoms with Gasteiger partial charge in [-0.25, -0.2) is 4.79 Å². The van der Waals surface area contributed by atoms with Crippen molar-refractivity contribution in [2.75, 3.05) is 19.7 Å². The van der Waals surface area contributed by atoms with E-state index in [0.29, 0.717) is 26.1 Å². The molecule has 0 aromatic heterocycles. The molecule has 0 atom stereocenters. The first kappa shape index (κ1) is 12.8. The lowest BCUT2D eigenvalue weighted by atomic mass is 10.0. The third kappa shape index (κ3) is 3.12. The van der Waals surface area contributed by atoms with Crippen molar-refractivity contribution in [1.29, 1.82) is 0 Å². The molecular weight excluding hydrogens is 208 g/mol. The highest BCUT2D eigenvalue weighted by Gasteiger charge is 2.35. The number of hydrogen-bond donors (Lipinski definition) is 1. The molecule has 0 radical (unpaired) electrons. The first-order chi connectivity index (χ1) is 7.47. The molecule has 5 nitrogen and oxygen atoms in total. The maximum Gasteiger partial charge on any atom is 0.410 e. The molecule has 2 amide bonds. The molecule has 0 unspecified atom stereocenters. The quantitative estimate of drug-likeness (QED) is 0.767. The van der Waals surface area contributed by atoms with E-state index in [4.69, 9.17) is 4.74 Å². The van der Waals surface area contributed by atoms with Gasteiger partial charge < -0.3 is 10.1 Å². The molecule has 1 fully saturated rings. The Morgan fingerprint density at radius 1 is 1.56 bits per heavy atom. The maximum absolute atomic E-state index is 11.4. The minimum atomic E-state index is -0.392. The molecule has 1 aliphatic rings. The summed E-state index contributed by atoms with van der Waals surface area (Å²) in [6.07, 6.45) is 1.06. The zero-order valence-electron chi connectivity index (χ0n) is 10.2. The molecule has 1 N–H and O–H groups in total. The van der Waals surface area contributed by atoms with E-state index in [2.05, 4.69) is 5.32 Å². The number of carbonyl (C=O) groups is 2. The summed E-state index contributed by atoms with van der Waals surface area (Å²) in [5.41, 5.74) is -0.392. The molecule has 5 heteroatoms. The number of carbonyl (C=O) groups excluding carboxylic acids is 2. The van der Waals surface area contributed by atoms with E-state index in [0.717, 1.165) is 6.42 Å². The summed E-state index contributed by atoms with van der Waals surface area (Å²) in [5, 5.41) is 2.83. The van der Waals surface area contributed by atoms with Gasteiger partial charge in [-0.3, -0.25) is 9.69 Å². The number of cyclic esters (lactones) is 1. The van der Waals surface area contributed by atoms with Crippen molar-refractivity contribution >= 4 is 12.0 Å². The van der Waals surface area contributed by atoms with Crippen LogP contribution in [0.25, 0.3) is 0 Å². The molecule has 0 bridgehead atoms. The Morgan fingerprint density at radius 2 is 2.25 bits per heavy atom. The van der Waals surface area contributed by atoms with Crippen molar-refractivity contribution in [3.8, 4) is 0 Å². The van der Waals surface area contributed by atoms with E-state index in [1.165, 1.54) is 0 Å². The van der Waals surface area contributed by atoms with Crippen LogP contribution in [-0.4, -0.2) is 42.1 Å². The van der Waals surface area contributed by atoms with Crippen LogP contribution in [0.1, 0.15) is 33.6 Å². The molecule has 16 heavy (non-hydrogen) atoms. The van der Waals surface area contributed by atoms with Crippen LogP contribution in [0.5, 0.6) is 0 Å². The minimum Gasteiger partial charge on any atom is -0.448 e. The summed E-state index contributed by atoms with van der Waals surface area (Å²) in [4.78, 5) is 24.4. The lowest BCUT2D eigenvalue weighted by Gasteiger charge is -2.33. The highest BCUT2D eigenvalue weighted by molar-refractivity contribution is 5.76. The summed E-state index contributed by atoms with van der Waals surface area (Å²) >= 11 is 0. The fourth-order valence-corrected chi connectivity index (χ4v) is 1.67. The minimum absolute atomic E-state index is 0.0307. The van der Waals surface area contributed by atoms with Crippen LogP contribution < -0.4 is 5.32 Å². The van der Waals surface area contributed by atoms with Gasteiger partial charge in [0.15, 0.2) is 0 Å². The molecule has 92 valence electrons. The van der Waals surface area contributed by atoms with Gasteiger partial charge >= 0.3 is 6.09 Å². The fourth-order valence-electron chi connectivity index (χ4n) is 1.67. The van der Waals surface area contributed by atoms with Gasteiger partial charge in [-0.1, -0.05) is 6.92 Å². The fraction of sp³-hybridized carbons (Fsp3) is 0.818. The van der Waals surface area contributed by atoms with Crippen LogP contribution in [0.3, 0.4) is 0 Å². The lowest BCUT2D eigenvalue weighted by molar-refractivity contribution is -0.121. The molecule has 1 rings (SSSR count). The van der Waals surface area contributed by atoms with Crippen molar-refractivity contribution in [2.45, 2.75) is 39.2 Å². The van der Waals surface area contributed by atoms with E-state index in [1.54, 1.807) is 4.90 Å². The van der Waals surface area contributed by atoms with E-state index in [1.807, 2.05) is 20.8 Å².